The predicted octanol–water partition coefficient (Wildman–Crippen LogP) is 4.31. The van der Waals surface area contributed by atoms with E-state index in [9.17, 15) is 31.9 Å². The Labute approximate surface area is 187 Å². The van der Waals surface area contributed by atoms with E-state index in [1.54, 1.807) is 6.92 Å². The Hall–Kier alpha value is -3.17. The van der Waals surface area contributed by atoms with Crippen molar-refractivity contribution in [3.8, 4) is 0 Å². The number of aromatic nitrogens is 1. The summed E-state index contributed by atoms with van der Waals surface area (Å²) in [4.78, 5) is 38.3. The maximum absolute atomic E-state index is 13.5. The highest BCUT2D eigenvalue weighted by atomic mass is 19.4. The number of hydrogen-bond acceptors (Lipinski definition) is 3. The zero-order valence-electron chi connectivity index (χ0n) is 17.9. The van der Waals surface area contributed by atoms with Crippen molar-refractivity contribution in [2.45, 2.75) is 63.7 Å². The molecule has 1 aliphatic carbocycles. The summed E-state index contributed by atoms with van der Waals surface area (Å²) in [5.74, 6) is -3.41. The summed E-state index contributed by atoms with van der Waals surface area (Å²) in [6.07, 6.45) is -2.95. The molecular formula is C23H23F4N3O3. The van der Waals surface area contributed by atoms with Gasteiger partial charge in [-0.25, -0.2) is 4.39 Å². The molecule has 0 atom stereocenters. The lowest BCUT2D eigenvalue weighted by Gasteiger charge is -2.43. The van der Waals surface area contributed by atoms with Crippen molar-refractivity contribution in [2.75, 3.05) is 5.32 Å². The molecule has 1 aliphatic heterocycles. The van der Waals surface area contributed by atoms with Crippen LogP contribution in [0, 0.1) is 12.7 Å². The highest BCUT2D eigenvalue weighted by molar-refractivity contribution is 6.42. The first-order valence-electron chi connectivity index (χ1n) is 10.8. The summed E-state index contributed by atoms with van der Waals surface area (Å²) in [6, 6.07) is 5.34. The number of ketones is 1. The molecule has 10 heteroatoms. The van der Waals surface area contributed by atoms with Gasteiger partial charge in [-0.3, -0.25) is 14.4 Å². The number of alkyl halides is 3. The first-order chi connectivity index (χ1) is 15.5. The van der Waals surface area contributed by atoms with E-state index in [2.05, 4.69) is 5.32 Å². The average molecular weight is 465 g/mol. The lowest BCUT2D eigenvalue weighted by Crippen LogP contribution is -2.64. The van der Waals surface area contributed by atoms with Gasteiger partial charge in [-0.2, -0.15) is 13.2 Å². The minimum Gasteiger partial charge on any atom is -0.341 e. The summed E-state index contributed by atoms with van der Waals surface area (Å²) in [7, 11) is 0. The van der Waals surface area contributed by atoms with Crippen LogP contribution >= 0.6 is 0 Å². The van der Waals surface area contributed by atoms with Crippen molar-refractivity contribution < 1.29 is 31.9 Å². The van der Waals surface area contributed by atoms with E-state index < -0.39 is 35.1 Å². The third kappa shape index (κ3) is 4.14. The van der Waals surface area contributed by atoms with E-state index in [0.717, 1.165) is 6.42 Å². The van der Waals surface area contributed by atoms with E-state index in [1.807, 2.05) is 5.32 Å². The first kappa shape index (κ1) is 23.0. The predicted molar refractivity (Wildman–Crippen MR) is 112 cm³/mol. The number of nitrogens with zero attached hydrogens (tertiary/aromatic N) is 1. The summed E-state index contributed by atoms with van der Waals surface area (Å²) < 4.78 is 55.3. The molecule has 2 aliphatic rings. The Morgan fingerprint density at radius 1 is 1.06 bits per heavy atom. The van der Waals surface area contributed by atoms with E-state index in [-0.39, 0.29) is 24.1 Å². The van der Waals surface area contributed by atoms with E-state index >= 15 is 0 Å². The number of fused-ring (bicyclic) bond motifs is 1. The minimum absolute atomic E-state index is 0.112. The number of aryl methyl sites for hydroxylation is 1. The first-order valence-corrected chi connectivity index (χ1v) is 10.8. The SMILES string of the molecule is Cc1cc(NC(=O)c2cc(C(=O)C(=O)NC3(C(F)(F)F)CCC3)n3c2CCCC3)ccc1F. The summed E-state index contributed by atoms with van der Waals surface area (Å²) in [5, 5.41) is 4.56. The lowest BCUT2D eigenvalue weighted by atomic mass is 9.76. The van der Waals surface area contributed by atoms with Gasteiger partial charge in [0.05, 0.1) is 11.3 Å². The van der Waals surface area contributed by atoms with Gasteiger partial charge >= 0.3 is 6.18 Å². The Morgan fingerprint density at radius 2 is 1.79 bits per heavy atom. The highest BCUT2D eigenvalue weighted by Gasteiger charge is 2.59. The molecule has 0 unspecified atom stereocenters. The van der Waals surface area contributed by atoms with Gasteiger partial charge in [0.15, 0.2) is 0 Å². The smallest absolute Gasteiger partial charge is 0.341 e. The van der Waals surface area contributed by atoms with Gasteiger partial charge < -0.3 is 15.2 Å². The maximum atomic E-state index is 13.5. The molecule has 0 saturated heterocycles. The van der Waals surface area contributed by atoms with Gasteiger partial charge in [0.2, 0.25) is 0 Å². The number of anilines is 1. The molecular weight excluding hydrogens is 442 g/mol. The Kier molecular flexibility index (Phi) is 5.79. The topological polar surface area (TPSA) is 80.2 Å². The molecule has 2 amide bonds. The van der Waals surface area contributed by atoms with Crippen LogP contribution in [0.4, 0.5) is 23.2 Å². The lowest BCUT2D eigenvalue weighted by molar-refractivity contribution is -0.218. The van der Waals surface area contributed by atoms with Crippen molar-refractivity contribution in [2.24, 2.45) is 0 Å². The summed E-state index contributed by atoms with van der Waals surface area (Å²) in [6.45, 7) is 1.92. The standard InChI is InChI=1S/C23H23F4N3O3/c1-13-11-14(6-7-16(13)24)28-20(32)15-12-18(30-10-3-2-5-17(15)30)19(31)21(33)29-22(8-4-9-22)23(25,26)27/h6-7,11-12H,2-5,8-10H2,1H3,(H,28,32)(H,29,33). The third-order valence-corrected chi connectivity index (χ3v) is 6.46. The number of benzene rings is 1. The summed E-state index contributed by atoms with van der Waals surface area (Å²) in [5.41, 5.74) is -1.08. The Morgan fingerprint density at radius 3 is 2.39 bits per heavy atom. The quantitative estimate of drug-likeness (QED) is 0.392. The molecule has 2 aromatic rings. The van der Waals surface area contributed by atoms with Crippen LogP contribution in [-0.4, -0.2) is 33.9 Å². The van der Waals surface area contributed by atoms with Gasteiger partial charge in [-0.1, -0.05) is 0 Å². The number of hydrogen-bond donors (Lipinski definition) is 2. The molecule has 6 nitrogen and oxygen atoms in total. The van der Waals surface area contributed by atoms with Crippen molar-refractivity contribution in [1.82, 2.24) is 9.88 Å². The van der Waals surface area contributed by atoms with Crippen LogP contribution < -0.4 is 10.6 Å². The van der Waals surface area contributed by atoms with Crippen LogP contribution in [0.1, 0.15) is 64.2 Å². The van der Waals surface area contributed by atoms with Gasteiger partial charge in [-0.05, 0) is 75.3 Å². The normalized spacial score (nSPS) is 17.0. The van der Waals surface area contributed by atoms with E-state index in [0.29, 0.717) is 42.8 Å². The highest BCUT2D eigenvalue weighted by Crippen LogP contribution is 2.45. The molecule has 1 aromatic carbocycles. The molecule has 2 N–H and O–H groups in total. The number of halogens is 4. The van der Waals surface area contributed by atoms with E-state index in [1.165, 1.54) is 28.8 Å². The second kappa shape index (κ2) is 8.31. The second-order valence-electron chi connectivity index (χ2n) is 8.63. The fraction of sp³-hybridized carbons (Fsp3) is 0.435. The number of carbonyl (C=O) groups is 3. The molecule has 0 radical (unpaired) electrons. The van der Waals surface area contributed by atoms with Crippen LogP contribution in [0.5, 0.6) is 0 Å². The van der Waals surface area contributed by atoms with Gasteiger partial charge in [0, 0.05) is 17.9 Å². The molecule has 1 saturated carbocycles. The zero-order valence-corrected chi connectivity index (χ0v) is 17.9. The Bertz CT molecular complexity index is 1130. The van der Waals surface area contributed by atoms with Crippen LogP contribution in [0.2, 0.25) is 0 Å². The maximum Gasteiger partial charge on any atom is 0.411 e. The van der Waals surface area contributed by atoms with Crippen LogP contribution in [0.15, 0.2) is 24.3 Å². The molecule has 4 rings (SSSR count). The molecule has 176 valence electrons. The van der Waals surface area contributed by atoms with Crippen molar-refractivity contribution in [3.05, 3.63) is 52.6 Å². The minimum atomic E-state index is -4.65. The van der Waals surface area contributed by atoms with E-state index in [4.69, 9.17) is 0 Å². The van der Waals surface area contributed by atoms with Gasteiger partial charge in [0.25, 0.3) is 17.6 Å². The van der Waals surface area contributed by atoms with Crippen molar-refractivity contribution in [1.29, 1.82) is 0 Å². The van der Waals surface area contributed by atoms with Crippen LogP contribution in [-0.2, 0) is 17.8 Å². The average Bonchev–Trinajstić information content (AvgIpc) is 3.11. The molecule has 1 aromatic heterocycles. The molecule has 33 heavy (non-hydrogen) atoms. The number of nitrogens with one attached hydrogen (secondary N) is 2. The molecule has 0 spiro atoms. The fourth-order valence-corrected chi connectivity index (χ4v) is 4.38. The fourth-order valence-electron chi connectivity index (χ4n) is 4.38. The summed E-state index contributed by atoms with van der Waals surface area (Å²) >= 11 is 0. The van der Waals surface area contributed by atoms with Gasteiger partial charge in [-0.15, -0.1) is 0 Å². The second-order valence-corrected chi connectivity index (χ2v) is 8.63. The van der Waals surface area contributed by atoms with Gasteiger partial charge in [0.1, 0.15) is 11.4 Å². The number of Topliss-reactive ketones (excluding diaryl/α,β-unsaturated/α-hetero) is 1. The zero-order chi connectivity index (χ0) is 24.0. The van der Waals surface area contributed by atoms with Crippen molar-refractivity contribution in [3.63, 3.8) is 0 Å². The van der Waals surface area contributed by atoms with Crippen molar-refractivity contribution >= 4 is 23.3 Å². The largest absolute Gasteiger partial charge is 0.411 e. The molecule has 1 fully saturated rings. The van der Waals surface area contributed by atoms with Crippen LogP contribution in [0.3, 0.4) is 0 Å². The Balaban J connectivity index is 1.60. The number of rotatable bonds is 5. The van der Waals surface area contributed by atoms with Crippen LogP contribution in [0.25, 0.3) is 0 Å². The third-order valence-electron chi connectivity index (χ3n) is 6.46. The molecule has 2 heterocycles. The monoisotopic (exact) mass is 465 g/mol. The number of carbonyl (C=O) groups excluding carboxylic acids is 3. The molecule has 0 bridgehead atoms. The number of amides is 2.